The number of primary amides is 1. The lowest BCUT2D eigenvalue weighted by molar-refractivity contribution is 0.100. The number of nitrogens with one attached hydrogen (secondary N) is 1. The van der Waals surface area contributed by atoms with Crippen LogP contribution in [-0.2, 0) is 13.0 Å². The number of hydrogen-bond donors (Lipinski definition) is 3. The quantitative estimate of drug-likeness (QED) is 0.721. The third-order valence-corrected chi connectivity index (χ3v) is 3.38. The highest BCUT2D eigenvalue weighted by Crippen LogP contribution is 2.06. The minimum Gasteiger partial charge on any atom is -0.395 e. The molecule has 4 N–H and O–H groups in total. The molecule has 0 radical (unpaired) electrons. The van der Waals surface area contributed by atoms with Crippen molar-refractivity contribution < 1.29 is 9.90 Å². The molecule has 2 aromatic carbocycles. The molecule has 0 aliphatic heterocycles. The average Bonchev–Trinajstić information content (AvgIpc) is 2.52. The second kappa shape index (κ2) is 7.57. The molecule has 0 saturated carbocycles. The van der Waals surface area contributed by atoms with Crippen LogP contribution in [0.25, 0.3) is 0 Å². The fourth-order valence-electron chi connectivity index (χ4n) is 2.15. The molecule has 0 aliphatic carbocycles. The van der Waals surface area contributed by atoms with Crippen LogP contribution in [0.5, 0.6) is 0 Å². The van der Waals surface area contributed by atoms with E-state index in [9.17, 15) is 9.90 Å². The van der Waals surface area contributed by atoms with Crippen molar-refractivity contribution in [2.45, 2.75) is 19.0 Å². The molecule has 1 amide bonds. The van der Waals surface area contributed by atoms with Gasteiger partial charge in [0.2, 0.25) is 5.91 Å². The van der Waals surface area contributed by atoms with Gasteiger partial charge in [0.1, 0.15) is 0 Å². The summed E-state index contributed by atoms with van der Waals surface area (Å²) in [7, 11) is 0. The van der Waals surface area contributed by atoms with Crippen LogP contribution in [0.1, 0.15) is 21.5 Å². The van der Waals surface area contributed by atoms with Gasteiger partial charge in [-0.25, -0.2) is 0 Å². The molecule has 1 atom stereocenters. The Kier molecular flexibility index (Phi) is 5.49. The van der Waals surface area contributed by atoms with Gasteiger partial charge < -0.3 is 16.2 Å². The maximum atomic E-state index is 11.0. The third-order valence-electron chi connectivity index (χ3n) is 3.38. The Hall–Kier alpha value is -2.17. The Morgan fingerprint density at radius 1 is 1.05 bits per heavy atom. The summed E-state index contributed by atoms with van der Waals surface area (Å²) >= 11 is 0. The van der Waals surface area contributed by atoms with Crippen LogP contribution in [0.15, 0.2) is 54.6 Å². The van der Waals surface area contributed by atoms with Crippen LogP contribution in [0.3, 0.4) is 0 Å². The Balaban J connectivity index is 1.89. The molecule has 4 heteroatoms. The molecule has 0 bridgehead atoms. The predicted octanol–water partition coefficient (Wildman–Crippen LogP) is 1.48. The molecule has 21 heavy (non-hydrogen) atoms. The van der Waals surface area contributed by atoms with Crippen molar-refractivity contribution >= 4 is 5.91 Å². The highest BCUT2D eigenvalue weighted by Gasteiger charge is 2.08. The Bertz CT molecular complexity index is 567. The van der Waals surface area contributed by atoms with Crippen molar-refractivity contribution in [1.29, 1.82) is 0 Å². The van der Waals surface area contributed by atoms with Crippen LogP contribution in [-0.4, -0.2) is 23.7 Å². The summed E-state index contributed by atoms with van der Waals surface area (Å²) in [5.41, 5.74) is 7.94. The molecule has 0 spiro atoms. The van der Waals surface area contributed by atoms with Gasteiger partial charge in [-0.1, -0.05) is 42.5 Å². The first-order valence-corrected chi connectivity index (χ1v) is 6.96. The summed E-state index contributed by atoms with van der Waals surface area (Å²) in [6, 6.07) is 17.2. The summed E-state index contributed by atoms with van der Waals surface area (Å²) < 4.78 is 0. The van der Waals surface area contributed by atoms with E-state index in [-0.39, 0.29) is 12.6 Å². The molecule has 110 valence electrons. The minimum absolute atomic E-state index is 0.00298. The Labute approximate surface area is 124 Å². The number of rotatable bonds is 7. The third kappa shape index (κ3) is 4.70. The van der Waals surface area contributed by atoms with E-state index < -0.39 is 5.91 Å². The average molecular weight is 284 g/mol. The maximum Gasteiger partial charge on any atom is 0.248 e. The number of carbonyl (C=O) groups is 1. The first-order chi connectivity index (χ1) is 10.2. The highest BCUT2D eigenvalue weighted by atomic mass is 16.3. The van der Waals surface area contributed by atoms with Crippen molar-refractivity contribution in [3.05, 3.63) is 71.3 Å². The largest absolute Gasteiger partial charge is 0.395 e. The molecule has 2 rings (SSSR count). The molecule has 0 fully saturated rings. The van der Waals surface area contributed by atoms with Crippen LogP contribution < -0.4 is 11.1 Å². The van der Waals surface area contributed by atoms with E-state index in [4.69, 9.17) is 5.73 Å². The molecule has 0 unspecified atom stereocenters. The number of aliphatic hydroxyl groups excluding tert-OH is 1. The number of hydrogen-bond acceptors (Lipinski definition) is 3. The second-order valence-electron chi connectivity index (χ2n) is 5.01. The lowest BCUT2D eigenvalue weighted by atomic mass is 10.1. The summed E-state index contributed by atoms with van der Waals surface area (Å²) in [6.45, 7) is 0.714. The number of benzene rings is 2. The van der Waals surface area contributed by atoms with E-state index in [2.05, 4.69) is 5.32 Å². The van der Waals surface area contributed by atoms with Gasteiger partial charge in [-0.2, -0.15) is 0 Å². The van der Waals surface area contributed by atoms with Crippen molar-refractivity contribution in [1.82, 2.24) is 5.32 Å². The van der Waals surface area contributed by atoms with E-state index in [1.54, 1.807) is 12.1 Å². The van der Waals surface area contributed by atoms with Crippen LogP contribution in [0.2, 0.25) is 0 Å². The number of carbonyl (C=O) groups excluding carboxylic acids is 1. The summed E-state index contributed by atoms with van der Waals surface area (Å²) in [6.07, 6.45) is 0.775. The van der Waals surface area contributed by atoms with Gasteiger partial charge >= 0.3 is 0 Å². The zero-order chi connectivity index (χ0) is 15.1. The fourth-order valence-corrected chi connectivity index (χ4v) is 2.15. The predicted molar refractivity (Wildman–Crippen MR) is 82.8 cm³/mol. The lowest BCUT2D eigenvalue weighted by Gasteiger charge is -2.16. The second-order valence-corrected chi connectivity index (χ2v) is 5.01. The van der Waals surface area contributed by atoms with Crippen molar-refractivity contribution in [2.24, 2.45) is 5.73 Å². The van der Waals surface area contributed by atoms with Gasteiger partial charge in [-0.05, 0) is 29.7 Å². The number of amides is 1. The SMILES string of the molecule is NC(=O)c1ccc(CN[C@@H](CO)Cc2ccccc2)cc1. The summed E-state index contributed by atoms with van der Waals surface area (Å²) in [5, 5.41) is 12.8. The van der Waals surface area contributed by atoms with E-state index in [1.807, 2.05) is 42.5 Å². The lowest BCUT2D eigenvalue weighted by Crippen LogP contribution is -2.34. The van der Waals surface area contributed by atoms with Crippen molar-refractivity contribution in [3.8, 4) is 0 Å². The molecule has 2 aromatic rings. The summed E-state index contributed by atoms with van der Waals surface area (Å²) in [4.78, 5) is 11.0. The summed E-state index contributed by atoms with van der Waals surface area (Å²) in [5.74, 6) is -0.424. The van der Waals surface area contributed by atoms with Crippen LogP contribution >= 0.6 is 0 Å². The van der Waals surface area contributed by atoms with E-state index >= 15 is 0 Å². The minimum atomic E-state index is -0.424. The van der Waals surface area contributed by atoms with E-state index in [0.717, 1.165) is 12.0 Å². The number of aliphatic hydroxyl groups is 1. The molecular formula is C17H20N2O2. The smallest absolute Gasteiger partial charge is 0.248 e. The monoisotopic (exact) mass is 284 g/mol. The highest BCUT2D eigenvalue weighted by molar-refractivity contribution is 5.92. The van der Waals surface area contributed by atoms with Gasteiger partial charge in [0.15, 0.2) is 0 Å². The first kappa shape index (κ1) is 15.2. The molecular weight excluding hydrogens is 264 g/mol. The van der Waals surface area contributed by atoms with Gasteiger partial charge in [0, 0.05) is 18.2 Å². The standard InChI is InChI=1S/C17H20N2O2/c18-17(21)15-8-6-14(7-9-15)11-19-16(12-20)10-13-4-2-1-3-5-13/h1-9,16,19-20H,10-12H2,(H2,18,21)/t16-/m1/s1. The Morgan fingerprint density at radius 2 is 1.71 bits per heavy atom. The zero-order valence-electron chi connectivity index (χ0n) is 11.8. The van der Waals surface area contributed by atoms with Crippen LogP contribution in [0.4, 0.5) is 0 Å². The molecule has 4 nitrogen and oxygen atoms in total. The molecule has 0 aliphatic rings. The van der Waals surface area contributed by atoms with Gasteiger partial charge in [0.05, 0.1) is 6.61 Å². The molecule has 0 saturated heterocycles. The molecule has 0 heterocycles. The topological polar surface area (TPSA) is 75.4 Å². The van der Waals surface area contributed by atoms with Gasteiger partial charge in [-0.15, -0.1) is 0 Å². The Morgan fingerprint density at radius 3 is 2.29 bits per heavy atom. The van der Waals surface area contributed by atoms with Crippen molar-refractivity contribution in [3.63, 3.8) is 0 Å². The van der Waals surface area contributed by atoms with E-state index in [0.29, 0.717) is 12.1 Å². The fraction of sp³-hybridized carbons (Fsp3) is 0.235. The maximum absolute atomic E-state index is 11.0. The first-order valence-electron chi connectivity index (χ1n) is 6.96. The zero-order valence-corrected chi connectivity index (χ0v) is 11.8. The van der Waals surface area contributed by atoms with Crippen LogP contribution in [0, 0.1) is 0 Å². The van der Waals surface area contributed by atoms with Crippen molar-refractivity contribution in [2.75, 3.05) is 6.61 Å². The normalized spacial score (nSPS) is 12.0. The van der Waals surface area contributed by atoms with Gasteiger partial charge in [0.25, 0.3) is 0 Å². The number of nitrogens with two attached hydrogens (primary N) is 1. The molecule has 0 aromatic heterocycles. The van der Waals surface area contributed by atoms with Gasteiger partial charge in [-0.3, -0.25) is 4.79 Å². The van der Waals surface area contributed by atoms with E-state index in [1.165, 1.54) is 5.56 Å².